The molecule has 2 N–H and O–H groups in total. The van der Waals surface area contributed by atoms with Crippen molar-refractivity contribution in [2.24, 2.45) is 11.8 Å². The number of aliphatic hydroxyl groups excluding tert-OH is 1. The second kappa shape index (κ2) is 11.7. The topological polar surface area (TPSA) is 146 Å². The molecular weight excluding hydrogens is 631 g/mol. The number of carboxylic acids is 1. The number of ether oxygens (including phenoxy) is 2. The predicted molar refractivity (Wildman–Crippen MR) is 160 cm³/mol. The number of halogens is 3. The fraction of sp³-hybridized carbons (Fsp3) is 0.484. The standard InChI is InChI=1S/C31H32F3N3O8S/c1-30(2,28(40)41)37-26(39)22-23(31(32,33)34)24(25-35-8-9-44-25)46-27(22)36(29(37)42)14-21(19-6-4-5-7-20(19)43-3)45-18-12-15-10-17(38)11-16(15)13-18/h4-9,15-18,21,38H,10-14H2,1-3H3,(H,40,41)/t15-,16?,17-,18+,21?/m0/s1. The van der Waals surface area contributed by atoms with Crippen LogP contribution in [-0.4, -0.2) is 49.6 Å². The summed E-state index contributed by atoms with van der Waals surface area (Å²) in [5, 5.41) is 19.2. The molecule has 4 aromatic rings. The third-order valence-corrected chi connectivity index (χ3v) is 10.3. The predicted octanol–water partition coefficient (Wildman–Crippen LogP) is 5.03. The molecule has 15 heteroatoms. The summed E-state index contributed by atoms with van der Waals surface area (Å²) in [6.45, 7) is 1.77. The number of aliphatic carboxylic acids is 1. The van der Waals surface area contributed by atoms with Gasteiger partial charge in [0.15, 0.2) is 0 Å². The minimum absolute atomic E-state index is 0.251. The number of para-hydroxylation sites is 1. The van der Waals surface area contributed by atoms with Gasteiger partial charge in [-0.25, -0.2) is 19.1 Å². The lowest BCUT2D eigenvalue weighted by Crippen LogP contribution is -2.53. The van der Waals surface area contributed by atoms with Crippen LogP contribution in [0.5, 0.6) is 5.75 Å². The minimum Gasteiger partial charge on any atom is -0.496 e. The van der Waals surface area contributed by atoms with E-state index < -0.39 is 56.8 Å². The van der Waals surface area contributed by atoms with Crippen molar-refractivity contribution in [2.75, 3.05) is 7.11 Å². The van der Waals surface area contributed by atoms with Crippen LogP contribution >= 0.6 is 11.3 Å². The second-order valence-electron chi connectivity index (χ2n) is 12.3. The van der Waals surface area contributed by atoms with Gasteiger partial charge in [-0.3, -0.25) is 9.36 Å². The van der Waals surface area contributed by atoms with Crippen molar-refractivity contribution in [1.29, 1.82) is 0 Å². The van der Waals surface area contributed by atoms with Gasteiger partial charge in [-0.2, -0.15) is 13.2 Å². The van der Waals surface area contributed by atoms with Gasteiger partial charge in [0.05, 0.1) is 43.0 Å². The van der Waals surface area contributed by atoms with Crippen LogP contribution < -0.4 is 16.0 Å². The van der Waals surface area contributed by atoms with Gasteiger partial charge >= 0.3 is 17.8 Å². The first-order chi connectivity index (χ1) is 21.7. The first kappa shape index (κ1) is 32.0. The number of hydrogen-bond donors (Lipinski definition) is 2. The van der Waals surface area contributed by atoms with Crippen LogP contribution in [0.2, 0.25) is 0 Å². The van der Waals surface area contributed by atoms with Crippen LogP contribution in [0.15, 0.2) is 50.7 Å². The largest absolute Gasteiger partial charge is 0.496 e. The lowest BCUT2D eigenvalue weighted by molar-refractivity contribution is -0.146. The van der Waals surface area contributed by atoms with Crippen LogP contribution in [0.4, 0.5) is 13.2 Å². The van der Waals surface area contributed by atoms with Crippen LogP contribution in [0.1, 0.15) is 56.8 Å². The number of carbonyl (C=O) groups is 1. The Morgan fingerprint density at radius 1 is 1.15 bits per heavy atom. The molecule has 2 unspecified atom stereocenters. The van der Waals surface area contributed by atoms with Crippen molar-refractivity contribution >= 4 is 27.5 Å². The summed E-state index contributed by atoms with van der Waals surface area (Å²) in [6, 6.07) is 6.87. The molecule has 3 aromatic heterocycles. The number of rotatable bonds is 9. The molecule has 0 aliphatic heterocycles. The summed E-state index contributed by atoms with van der Waals surface area (Å²) in [6.07, 6.45) is -1.88. The highest BCUT2D eigenvalue weighted by Crippen LogP contribution is 2.48. The summed E-state index contributed by atoms with van der Waals surface area (Å²) in [5.74, 6) is -1.09. The molecule has 6 rings (SSSR count). The Bertz CT molecular complexity index is 1880. The number of carboxylic acid groups (broad SMARTS) is 1. The molecule has 2 saturated carbocycles. The lowest BCUT2D eigenvalue weighted by Gasteiger charge is -2.27. The van der Waals surface area contributed by atoms with Crippen LogP contribution in [0.3, 0.4) is 0 Å². The van der Waals surface area contributed by atoms with Crippen molar-refractivity contribution in [3.63, 3.8) is 0 Å². The molecular formula is C31H32F3N3O8S. The van der Waals surface area contributed by atoms with Gasteiger partial charge in [-0.05, 0) is 57.4 Å². The van der Waals surface area contributed by atoms with E-state index in [1.54, 1.807) is 24.3 Å². The molecule has 0 saturated heterocycles. The Balaban J connectivity index is 1.59. The number of aromatic nitrogens is 3. The number of nitrogens with zero attached hydrogens (tertiary/aromatic N) is 3. The zero-order valence-corrected chi connectivity index (χ0v) is 25.9. The van der Waals surface area contributed by atoms with E-state index in [4.69, 9.17) is 13.9 Å². The van der Waals surface area contributed by atoms with Crippen molar-refractivity contribution in [2.45, 2.75) is 76.1 Å². The summed E-state index contributed by atoms with van der Waals surface area (Å²) in [7, 11) is 1.45. The maximum Gasteiger partial charge on any atom is 0.418 e. The lowest BCUT2D eigenvalue weighted by atomic mass is 10.0. The number of aliphatic hydroxyl groups is 1. The highest BCUT2D eigenvalue weighted by Gasteiger charge is 2.45. The molecule has 11 nitrogen and oxygen atoms in total. The number of oxazole rings is 1. The van der Waals surface area contributed by atoms with E-state index in [1.807, 2.05) is 0 Å². The summed E-state index contributed by atoms with van der Waals surface area (Å²) >= 11 is 0.506. The van der Waals surface area contributed by atoms with Gasteiger partial charge in [0.1, 0.15) is 33.4 Å². The van der Waals surface area contributed by atoms with Crippen LogP contribution in [-0.2, 0) is 27.8 Å². The molecule has 0 amide bonds. The van der Waals surface area contributed by atoms with Gasteiger partial charge in [-0.1, -0.05) is 18.2 Å². The first-order valence-corrected chi connectivity index (χ1v) is 15.5. The third-order valence-electron chi connectivity index (χ3n) is 9.10. The van der Waals surface area contributed by atoms with Crippen molar-refractivity contribution in [3.05, 3.63) is 68.7 Å². The van der Waals surface area contributed by atoms with Gasteiger partial charge in [-0.15, -0.1) is 11.3 Å². The monoisotopic (exact) mass is 663 g/mol. The zero-order chi connectivity index (χ0) is 33.1. The highest BCUT2D eigenvalue weighted by atomic mass is 32.1. The van der Waals surface area contributed by atoms with Gasteiger partial charge in [0, 0.05) is 5.56 Å². The van der Waals surface area contributed by atoms with Crippen molar-refractivity contribution in [3.8, 4) is 16.5 Å². The quantitative estimate of drug-likeness (QED) is 0.252. The number of fused-ring (bicyclic) bond motifs is 2. The molecule has 0 bridgehead atoms. The normalized spacial score (nSPS) is 22.3. The number of hydrogen-bond acceptors (Lipinski definition) is 9. The molecule has 5 atom stereocenters. The summed E-state index contributed by atoms with van der Waals surface area (Å²) in [4.78, 5) is 43.4. The third kappa shape index (κ3) is 5.43. The van der Waals surface area contributed by atoms with Gasteiger partial charge in [0.2, 0.25) is 5.89 Å². The first-order valence-electron chi connectivity index (χ1n) is 14.7. The van der Waals surface area contributed by atoms with Gasteiger partial charge < -0.3 is 24.1 Å². The Morgan fingerprint density at radius 2 is 1.83 bits per heavy atom. The molecule has 0 radical (unpaired) electrons. The second-order valence-corrected chi connectivity index (χ2v) is 13.3. The van der Waals surface area contributed by atoms with E-state index >= 15 is 0 Å². The molecule has 246 valence electrons. The van der Waals surface area contributed by atoms with Gasteiger partial charge in [0.25, 0.3) is 5.56 Å². The SMILES string of the molecule is COc1ccccc1C(Cn1c(=O)n(C(C)(C)C(=O)O)c(=O)c2c(C(F)(F)F)c(-c3ncco3)sc21)O[C@H]1CC2C[C@@H](O)C[C@H]2C1. The maximum atomic E-state index is 14.8. The van der Waals surface area contributed by atoms with Crippen LogP contribution in [0, 0.1) is 11.8 Å². The zero-order valence-electron chi connectivity index (χ0n) is 25.1. The number of alkyl halides is 3. The Hall–Kier alpha value is -3.95. The highest BCUT2D eigenvalue weighted by molar-refractivity contribution is 7.22. The number of thiophene rings is 1. The molecule has 1 aromatic carbocycles. The van der Waals surface area contributed by atoms with Crippen molar-refractivity contribution in [1.82, 2.24) is 14.1 Å². The Kier molecular flexibility index (Phi) is 8.13. The minimum atomic E-state index is -5.10. The smallest absolute Gasteiger partial charge is 0.418 e. The van der Waals surface area contributed by atoms with E-state index in [0.29, 0.717) is 52.9 Å². The molecule has 2 fully saturated rings. The molecule has 2 aliphatic carbocycles. The Morgan fingerprint density at radius 3 is 2.41 bits per heavy atom. The van der Waals surface area contributed by atoms with E-state index in [1.165, 1.54) is 7.11 Å². The number of benzene rings is 1. The Labute approximate surface area is 263 Å². The fourth-order valence-corrected chi connectivity index (χ4v) is 8.16. The average Bonchev–Trinajstić information content (AvgIpc) is 3.77. The van der Waals surface area contributed by atoms with E-state index in [0.717, 1.165) is 30.9 Å². The van der Waals surface area contributed by atoms with Crippen LogP contribution in [0.25, 0.3) is 21.0 Å². The summed E-state index contributed by atoms with van der Waals surface area (Å²) < 4.78 is 63.0. The van der Waals surface area contributed by atoms with E-state index in [-0.39, 0.29) is 35.4 Å². The summed E-state index contributed by atoms with van der Waals surface area (Å²) in [5.41, 5.74) is -5.60. The molecule has 46 heavy (non-hydrogen) atoms. The fourth-order valence-electron chi connectivity index (χ4n) is 6.91. The number of methoxy groups -OCH3 is 1. The molecule has 2 aliphatic rings. The van der Waals surface area contributed by atoms with E-state index in [9.17, 15) is 37.8 Å². The van der Waals surface area contributed by atoms with E-state index in [2.05, 4.69) is 4.98 Å². The molecule has 0 spiro atoms. The average molecular weight is 664 g/mol. The van der Waals surface area contributed by atoms with Crippen molar-refractivity contribution < 1.29 is 42.1 Å². The maximum absolute atomic E-state index is 14.8. The molecule has 3 heterocycles.